The summed E-state index contributed by atoms with van der Waals surface area (Å²) in [6.07, 6.45) is 3.40. The van der Waals surface area contributed by atoms with Gasteiger partial charge in [-0.15, -0.1) is 0 Å². The number of aromatic nitrogens is 1. The van der Waals surface area contributed by atoms with Gasteiger partial charge in [-0.05, 0) is 50.2 Å². The lowest BCUT2D eigenvalue weighted by Gasteiger charge is -2.42. The number of benzene rings is 1. The molecule has 9 heteroatoms. The number of hydrogen-bond donors (Lipinski definition) is 1. The van der Waals surface area contributed by atoms with Gasteiger partial charge in [0.25, 0.3) is 0 Å². The van der Waals surface area contributed by atoms with Crippen molar-refractivity contribution in [2.75, 3.05) is 12.3 Å². The third kappa shape index (κ3) is 4.31. The van der Waals surface area contributed by atoms with E-state index in [0.717, 1.165) is 14.1 Å². The number of carboxylic acids is 1. The second-order valence-electron chi connectivity index (χ2n) is 6.56. The maximum absolute atomic E-state index is 13.1. The average Bonchev–Trinajstić information content (AvgIpc) is 2.61. The topological polar surface area (TPSA) is 87.6 Å². The SMILES string of the molecule is CC1(C)SCCN(S(=O)(=O)c2ccc(Sc3ccncc3)cc2)[C@H]1C(=O)O. The van der Waals surface area contributed by atoms with Crippen molar-refractivity contribution < 1.29 is 18.3 Å². The number of pyridine rings is 1. The third-order valence-corrected chi connectivity index (χ3v) is 8.53. The number of nitrogens with zero attached hydrogens (tertiary/aromatic N) is 2. The van der Waals surface area contributed by atoms with Crippen molar-refractivity contribution in [1.82, 2.24) is 9.29 Å². The molecular formula is C18H20N2O4S3. The smallest absolute Gasteiger partial charge is 0.323 e. The van der Waals surface area contributed by atoms with Crippen LogP contribution in [0, 0.1) is 0 Å². The van der Waals surface area contributed by atoms with Crippen molar-refractivity contribution in [2.24, 2.45) is 0 Å². The molecule has 0 unspecified atom stereocenters. The zero-order valence-corrected chi connectivity index (χ0v) is 17.4. The number of aliphatic carboxylic acids is 1. The summed E-state index contributed by atoms with van der Waals surface area (Å²) in [6.45, 7) is 3.72. The highest BCUT2D eigenvalue weighted by molar-refractivity contribution is 8.01. The molecule has 1 aromatic carbocycles. The van der Waals surface area contributed by atoms with Gasteiger partial charge in [0, 0.05) is 39.2 Å². The fourth-order valence-corrected chi connectivity index (χ4v) is 6.89. The summed E-state index contributed by atoms with van der Waals surface area (Å²) in [5.74, 6) is -0.563. The first kappa shape index (κ1) is 20.2. The normalized spacial score (nSPS) is 20.3. The van der Waals surface area contributed by atoms with Crippen molar-refractivity contribution in [2.45, 2.75) is 39.3 Å². The third-order valence-electron chi connectivity index (χ3n) is 4.28. The van der Waals surface area contributed by atoms with Gasteiger partial charge in [-0.1, -0.05) is 11.8 Å². The monoisotopic (exact) mass is 424 g/mol. The number of rotatable bonds is 5. The molecule has 1 aromatic heterocycles. The molecule has 3 rings (SSSR count). The standard InChI is InChI=1S/C18H20N2O4S3/c1-18(2)16(17(21)22)20(11-12-25-18)27(23,24)15-5-3-13(4-6-15)26-14-7-9-19-10-8-14/h3-10,16H,11-12H2,1-2H3,(H,21,22)/t16-/m0/s1. The average molecular weight is 425 g/mol. The second-order valence-corrected chi connectivity index (χ2v) is 11.4. The summed E-state index contributed by atoms with van der Waals surface area (Å²) in [5, 5.41) is 9.63. The summed E-state index contributed by atoms with van der Waals surface area (Å²) in [5.41, 5.74) is 0. The minimum atomic E-state index is -3.90. The molecule has 1 atom stereocenters. The van der Waals surface area contributed by atoms with Crippen LogP contribution in [-0.4, -0.2) is 51.9 Å². The molecule has 0 radical (unpaired) electrons. The molecule has 144 valence electrons. The van der Waals surface area contributed by atoms with Crippen LogP contribution in [0.5, 0.6) is 0 Å². The molecule has 1 N–H and O–H groups in total. The fraction of sp³-hybridized carbons (Fsp3) is 0.333. The van der Waals surface area contributed by atoms with Crippen LogP contribution in [0.3, 0.4) is 0 Å². The summed E-state index contributed by atoms with van der Waals surface area (Å²) < 4.78 is 26.6. The minimum Gasteiger partial charge on any atom is -0.480 e. The lowest BCUT2D eigenvalue weighted by atomic mass is 10.0. The summed E-state index contributed by atoms with van der Waals surface area (Å²) in [4.78, 5) is 17.8. The van der Waals surface area contributed by atoms with Gasteiger partial charge in [0.2, 0.25) is 10.0 Å². The molecule has 0 aliphatic carbocycles. The molecule has 1 aliphatic rings. The van der Waals surface area contributed by atoms with Crippen LogP contribution < -0.4 is 0 Å². The zero-order chi connectivity index (χ0) is 19.7. The summed E-state index contributed by atoms with van der Waals surface area (Å²) in [6, 6.07) is 9.18. The van der Waals surface area contributed by atoms with Gasteiger partial charge in [-0.25, -0.2) is 8.42 Å². The van der Waals surface area contributed by atoms with Crippen molar-refractivity contribution in [3.8, 4) is 0 Å². The van der Waals surface area contributed by atoms with E-state index in [1.807, 2.05) is 12.1 Å². The second kappa shape index (κ2) is 7.83. The predicted molar refractivity (Wildman–Crippen MR) is 107 cm³/mol. The molecule has 0 bridgehead atoms. The highest BCUT2D eigenvalue weighted by atomic mass is 32.2. The van der Waals surface area contributed by atoms with Gasteiger partial charge < -0.3 is 5.11 Å². The first-order valence-corrected chi connectivity index (χ1v) is 11.5. The minimum absolute atomic E-state index is 0.107. The van der Waals surface area contributed by atoms with Gasteiger partial charge in [-0.2, -0.15) is 16.1 Å². The maximum Gasteiger partial charge on any atom is 0.323 e. The Balaban J connectivity index is 1.87. The van der Waals surface area contributed by atoms with E-state index in [1.165, 1.54) is 35.7 Å². The Morgan fingerprint density at radius 3 is 2.37 bits per heavy atom. The number of sulfonamides is 1. The number of carbonyl (C=O) groups is 1. The highest BCUT2D eigenvalue weighted by Gasteiger charge is 2.48. The Labute approximate surface area is 167 Å². The predicted octanol–water partition coefficient (Wildman–Crippen LogP) is 3.20. The molecular weight excluding hydrogens is 404 g/mol. The Morgan fingerprint density at radius 2 is 1.78 bits per heavy atom. The van der Waals surface area contributed by atoms with Crippen molar-refractivity contribution in [3.63, 3.8) is 0 Å². The van der Waals surface area contributed by atoms with E-state index in [-0.39, 0.29) is 11.4 Å². The van der Waals surface area contributed by atoms with Gasteiger partial charge in [0.1, 0.15) is 6.04 Å². The molecule has 1 aliphatic heterocycles. The van der Waals surface area contributed by atoms with E-state index >= 15 is 0 Å². The van der Waals surface area contributed by atoms with E-state index < -0.39 is 26.8 Å². The lowest BCUT2D eigenvalue weighted by Crippen LogP contribution is -2.58. The van der Waals surface area contributed by atoms with Gasteiger partial charge >= 0.3 is 5.97 Å². The molecule has 6 nitrogen and oxygen atoms in total. The molecule has 1 saturated heterocycles. The van der Waals surface area contributed by atoms with E-state index in [2.05, 4.69) is 4.98 Å². The van der Waals surface area contributed by atoms with E-state index in [0.29, 0.717) is 5.75 Å². The molecule has 0 saturated carbocycles. The molecule has 0 amide bonds. The van der Waals surface area contributed by atoms with Crippen LogP contribution in [0.25, 0.3) is 0 Å². The van der Waals surface area contributed by atoms with Gasteiger partial charge in [0.05, 0.1) is 4.90 Å². The Hall–Kier alpha value is -1.55. The number of carboxylic acid groups (broad SMARTS) is 1. The quantitative estimate of drug-likeness (QED) is 0.788. The Morgan fingerprint density at radius 1 is 1.19 bits per heavy atom. The molecule has 2 aromatic rings. The lowest BCUT2D eigenvalue weighted by molar-refractivity contribution is -0.142. The fourth-order valence-electron chi connectivity index (χ4n) is 2.99. The van der Waals surface area contributed by atoms with Crippen molar-refractivity contribution in [1.29, 1.82) is 0 Å². The summed E-state index contributed by atoms with van der Waals surface area (Å²) >= 11 is 2.98. The Bertz CT molecular complexity index is 915. The van der Waals surface area contributed by atoms with Crippen molar-refractivity contribution >= 4 is 39.5 Å². The van der Waals surface area contributed by atoms with E-state index in [1.54, 1.807) is 38.4 Å². The molecule has 0 spiro atoms. The largest absolute Gasteiger partial charge is 0.480 e. The highest BCUT2D eigenvalue weighted by Crippen LogP contribution is 2.38. The van der Waals surface area contributed by atoms with Crippen LogP contribution >= 0.6 is 23.5 Å². The number of hydrogen-bond acceptors (Lipinski definition) is 6. The van der Waals surface area contributed by atoms with Crippen LogP contribution in [0.15, 0.2) is 63.5 Å². The molecule has 2 heterocycles. The van der Waals surface area contributed by atoms with E-state index in [9.17, 15) is 18.3 Å². The van der Waals surface area contributed by atoms with E-state index in [4.69, 9.17) is 0 Å². The van der Waals surface area contributed by atoms with Gasteiger partial charge in [0.15, 0.2) is 0 Å². The first-order chi connectivity index (χ1) is 12.7. The van der Waals surface area contributed by atoms with Crippen LogP contribution in [0.1, 0.15) is 13.8 Å². The van der Waals surface area contributed by atoms with Crippen LogP contribution in [0.4, 0.5) is 0 Å². The summed E-state index contributed by atoms with van der Waals surface area (Å²) in [7, 11) is -3.90. The zero-order valence-electron chi connectivity index (χ0n) is 14.9. The number of thioether (sulfide) groups is 1. The maximum atomic E-state index is 13.1. The van der Waals surface area contributed by atoms with Crippen LogP contribution in [-0.2, 0) is 14.8 Å². The Kier molecular flexibility index (Phi) is 5.85. The molecule has 27 heavy (non-hydrogen) atoms. The van der Waals surface area contributed by atoms with Crippen LogP contribution in [0.2, 0.25) is 0 Å². The van der Waals surface area contributed by atoms with Gasteiger partial charge in [-0.3, -0.25) is 9.78 Å². The van der Waals surface area contributed by atoms with Crippen molar-refractivity contribution in [3.05, 3.63) is 48.8 Å². The molecule has 1 fully saturated rings. The first-order valence-electron chi connectivity index (χ1n) is 8.28.